The van der Waals surface area contributed by atoms with Crippen LogP contribution in [0.25, 0.3) is 0 Å². The molecule has 2 rings (SSSR count). The van der Waals surface area contributed by atoms with Gasteiger partial charge in [0.2, 0.25) is 0 Å². The van der Waals surface area contributed by atoms with Crippen molar-refractivity contribution in [1.29, 1.82) is 0 Å². The molecule has 0 spiro atoms. The maximum absolute atomic E-state index is 6.30. The first-order valence-electron chi connectivity index (χ1n) is 5.89. The summed E-state index contributed by atoms with van der Waals surface area (Å²) in [6, 6.07) is 11.7. The average molecular weight is 282 g/mol. The van der Waals surface area contributed by atoms with Gasteiger partial charge in [0.05, 0.1) is 11.1 Å². The van der Waals surface area contributed by atoms with Gasteiger partial charge in [-0.05, 0) is 23.9 Å². The largest absolute Gasteiger partial charge is 0.372 e. The number of halogens is 1. The molecule has 0 amide bonds. The molecule has 0 fully saturated rings. The lowest BCUT2D eigenvalue weighted by molar-refractivity contribution is 0.0437. The summed E-state index contributed by atoms with van der Waals surface area (Å²) in [6.07, 6.45) is -0.160. The van der Waals surface area contributed by atoms with Gasteiger partial charge in [0.25, 0.3) is 0 Å². The fraction of sp³-hybridized carbons (Fsp3) is 0.286. The van der Waals surface area contributed by atoms with E-state index >= 15 is 0 Å². The summed E-state index contributed by atoms with van der Waals surface area (Å²) in [5.74, 6) is 0. The fourth-order valence-corrected chi connectivity index (χ4v) is 3.12. The standard InChI is InChI=1S/C14H16ClNOS/c1-2-17-13(10-6-4-3-5-7-10)12(16)14-11(15)8-9-18-14/h3-9,12-13H,2,16H2,1H3. The van der Waals surface area contributed by atoms with Crippen LogP contribution in [0.1, 0.15) is 29.5 Å². The zero-order valence-corrected chi connectivity index (χ0v) is 11.7. The molecule has 1 aromatic carbocycles. The zero-order valence-electron chi connectivity index (χ0n) is 10.2. The van der Waals surface area contributed by atoms with E-state index in [1.54, 1.807) is 11.3 Å². The molecule has 0 aliphatic rings. The lowest BCUT2D eigenvalue weighted by Gasteiger charge is -2.23. The normalized spacial score (nSPS) is 14.4. The van der Waals surface area contributed by atoms with Crippen LogP contribution in [-0.4, -0.2) is 6.61 Å². The topological polar surface area (TPSA) is 35.2 Å². The Labute approximate surface area is 116 Å². The van der Waals surface area contributed by atoms with Crippen molar-refractivity contribution in [2.45, 2.75) is 19.1 Å². The first-order chi connectivity index (χ1) is 8.74. The van der Waals surface area contributed by atoms with Crippen LogP contribution in [0.2, 0.25) is 5.02 Å². The Kier molecular flexibility index (Phi) is 4.78. The summed E-state index contributed by atoms with van der Waals surface area (Å²) in [5.41, 5.74) is 7.38. The van der Waals surface area contributed by atoms with Crippen molar-refractivity contribution >= 4 is 22.9 Å². The van der Waals surface area contributed by atoms with Crippen LogP contribution in [0.5, 0.6) is 0 Å². The molecular weight excluding hydrogens is 266 g/mol. The molecule has 0 bridgehead atoms. The average Bonchev–Trinajstić information content (AvgIpc) is 2.82. The molecule has 2 N–H and O–H groups in total. The van der Waals surface area contributed by atoms with Crippen molar-refractivity contribution in [2.75, 3.05) is 6.61 Å². The molecule has 18 heavy (non-hydrogen) atoms. The van der Waals surface area contributed by atoms with Crippen LogP contribution >= 0.6 is 22.9 Å². The predicted molar refractivity (Wildman–Crippen MR) is 77.1 cm³/mol. The summed E-state index contributed by atoms with van der Waals surface area (Å²) in [6.45, 7) is 2.59. The summed E-state index contributed by atoms with van der Waals surface area (Å²) >= 11 is 7.71. The van der Waals surface area contributed by atoms with E-state index in [1.165, 1.54) is 0 Å². The third kappa shape index (κ3) is 2.93. The monoisotopic (exact) mass is 281 g/mol. The Morgan fingerprint density at radius 2 is 2.00 bits per heavy atom. The number of benzene rings is 1. The highest BCUT2D eigenvalue weighted by molar-refractivity contribution is 7.10. The molecule has 0 saturated heterocycles. The number of nitrogens with two attached hydrogens (primary N) is 1. The van der Waals surface area contributed by atoms with Gasteiger partial charge in [-0.3, -0.25) is 0 Å². The SMILES string of the molecule is CCOC(c1ccccc1)C(N)c1sccc1Cl. The smallest absolute Gasteiger partial charge is 0.103 e. The van der Waals surface area contributed by atoms with E-state index in [-0.39, 0.29) is 12.1 Å². The molecule has 4 heteroatoms. The van der Waals surface area contributed by atoms with Gasteiger partial charge < -0.3 is 10.5 Å². The van der Waals surface area contributed by atoms with Crippen LogP contribution in [0.4, 0.5) is 0 Å². The van der Waals surface area contributed by atoms with Crippen LogP contribution in [-0.2, 0) is 4.74 Å². The molecule has 0 aliphatic carbocycles. The molecule has 96 valence electrons. The van der Waals surface area contributed by atoms with Gasteiger partial charge in [0.15, 0.2) is 0 Å². The molecule has 0 saturated carbocycles. The van der Waals surface area contributed by atoms with Crippen LogP contribution < -0.4 is 5.73 Å². The third-order valence-electron chi connectivity index (χ3n) is 2.75. The number of hydrogen-bond acceptors (Lipinski definition) is 3. The van der Waals surface area contributed by atoms with Gasteiger partial charge in [-0.25, -0.2) is 0 Å². The first-order valence-corrected chi connectivity index (χ1v) is 7.14. The summed E-state index contributed by atoms with van der Waals surface area (Å²) in [5, 5.41) is 2.67. The van der Waals surface area contributed by atoms with Crippen molar-refractivity contribution in [3.8, 4) is 0 Å². The van der Waals surface area contributed by atoms with Crippen molar-refractivity contribution in [3.05, 3.63) is 57.2 Å². The predicted octanol–water partition coefficient (Wildman–Crippen LogP) is 4.18. The van der Waals surface area contributed by atoms with E-state index in [2.05, 4.69) is 0 Å². The second-order valence-corrected chi connectivity index (χ2v) is 5.30. The van der Waals surface area contributed by atoms with E-state index < -0.39 is 0 Å². The van der Waals surface area contributed by atoms with Gasteiger partial charge in [-0.15, -0.1) is 11.3 Å². The molecule has 1 heterocycles. The maximum Gasteiger partial charge on any atom is 0.103 e. The van der Waals surface area contributed by atoms with E-state index in [0.717, 1.165) is 10.4 Å². The van der Waals surface area contributed by atoms with E-state index in [4.69, 9.17) is 22.1 Å². The Hall–Kier alpha value is -0.870. The number of hydrogen-bond donors (Lipinski definition) is 1. The van der Waals surface area contributed by atoms with Crippen LogP contribution in [0, 0.1) is 0 Å². The van der Waals surface area contributed by atoms with Crippen LogP contribution in [0.15, 0.2) is 41.8 Å². The fourth-order valence-electron chi connectivity index (χ4n) is 1.91. The maximum atomic E-state index is 6.30. The minimum absolute atomic E-state index is 0.160. The minimum Gasteiger partial charge on any atom is -0.372 e. The number of thiophene rings is 1. The molecule has 0 radical (unpaired) electrons. The van der Waals surface area contributed by atoms with Crippen molar-refractivity contribution in [2.24, 2.45) is 5.73 Å². The van der Waals surface area contributed by atoms with E-state index in [0.29, 0.717) is 11.6 Å². The third-order valence-corrected chi connectivity index (χ3v) is 4.21. The highest BCUT2D eigenvalue weighted by Gasteiger charge is 2.24. The van der Waals surface area contributed by atoms with Gasteiger partial charge in [-0.2, -0.15) is 0 Å². The molecule has 2 nitrogen and oxygen atoms in total. The highest BCUT2D eigenvalue weighted by Crippen LogP contribution is 2.36. The Balaban J connectivity index is 2.28. The zero-order chi connectivity index (χ0) is 13.0. The second-order valence-electron chi connectivity index (χ2n) is 3.95. The molecule has 2 aromatic rings. The Bertz CT molecular complexity index is 486. The van der Waals surface area contributed by atoms with Crippen molar-refractivity contribution in [1.82, 2.24) is 0 Å². The van der Waals surface area contributed by atoms with E-state index in [1.807, 2.05) is 48.7 Å². The van der Waals surface area contributed by atoms with Gasteiger partial charge >= 0.3 is 0 Å². The summed E-state index contributed by atoms with van der Waals surface area (Å²) in [7, 11) is 0. The molecule has 2 atom stereocenters. The lowest BCUT2D eigenvalue weighted by atomic mass is 10.0. The quantitative estimate of drug-likeness (QED) is 0.892. The molecular formula is C14H16ClNOS. The highest BCUT2D eigenvalue weighted by atomic mass is 35.5. The van der Waals surface area contributed by atoms with Gasteiger partial charge in [-0.1, -0.05) is 41.9 Å². The molecule has 1 aromatic heterocycles. The van der Waals surface area contributed by atoms with Gasteiger partial charge in [0, 0.05) is 11.5 Å². The minimum atomic E-state index is -0.236. The van der Waals surface area contributed by atoms with Crippen molar-refractivity contribution in [3.63, 3.8) is 0 Å². The first kappa shape index (κ1) is 13.6. The van der Waals surface area contributed by atoms with Crippen LogP contribution in [0.3, 0.4) is 0 Å². The Morgan fingerprint density at radius 1 is 1.28 bits per heavy atom. The van der Waals surface area contributed by atoms with Crippen molar-refractivity contribution < 1.29 is 4.74 Å². The second kappa shape index (κ2) is 6.34. The molecule has 0 aliphatic heterocycles. The number of rotatable bonds is 5. The van der Waals surface area contributed by atoms with Gasteiger partial charge in [0.1, 0.15) is 6.10 Å². The molecule has 2 unspecified atom stereocenters. The summed E-state index contributed by atoms with van der Waals surface area (Å²) < 4.78 is 5.79. The Morgan fingerprint density at radius 3 is 2.56 bits per heavy atom. The lowest BCUT2D eigenvalue weighted by Crippen LogP contribution is -2.21. The summed E-state index contributed by atoms with van der Waals surface area (Å²) in [4.78, 5) is 0.971. The van der Waals surface area contributed by atoms with E-state index in [9.17, 15) is 0 Å². The number of ether oxygens (including phenoxy) is 1.